The van der Waals surface area contributed by atoms with E-state index >= 15 is 0 Å². The van der Waals surface area contributed by atoms with Gasteiger partial charge in [-0.2, -0.15) is 0 Å². The van der Waals surface area contributed by atoms with Crippen molar-refractivity contribution in [3.63, 3.8) is 0 Å². The average Bonchev–Trinajstić information content (AvgIpc) is 3.28. The number of esters is 1. The molecule has 7 unspecified atom stereocenters. The van der Waals surface area contributed by atoms with Crippen LogP contribution in [0.4, 0.5) is 0 Å². The molecular weight excluding hydrogens is 767 g/mol. The topological polar surface area (TPSA) is 235 Å². The Morgan fingerprint density at radius 3 is 2.73 bits per heavy atom. The number of phenols is 2. The average molecular weight is 822 g/mol. The summed E-state index contributed by atoms with van der Waals surface area (Å²) < 4.78 is 20.4. The number of ether oxygens (including phenoxy) is 2. The van der Waals surface area contributed by atoms with E-state index in [0.29, 0.717) is 61.3 Å². The standard InChI is InChI=1S/C46H55N5O9/c1-4-24(20-49-5-2)45(57)59-35-18-32-41(56)39-34(55)17-29(21-52)58-43(39)40-38-30-12-13-50-44(48)37(30)26(8-7-25-9-10-28(54)16-31(25)33(38)22-53)15-27(46(35,3)60-42(32)40)14-23-6-11-36(47)51-19-23/h4,6,9-12,16-17,19,26-27,33,35-36,38,49-54,56H,5,7-8,13-15,18,20-22,47-48H2,1-3H3. The van der Waals surface area contributed by atoms with E-state index in [1.54, 1.807) is 25.1 Å². The van der Waals surface area contributed by atoms with Crippen LogP contribution in [0.15, 0.2) is 92.1 Å². The van der Waals surface area contributed by atoms with Crippen molar-refractivity contribution in [3.05, 3.63) is 121 Å². The van der Waals surface area contributed by atoms with Gasteiger partial charge in [-0.1, -0.05) is 31.2 Å². The van der Waals surface area contributed by atoms with Gasteiger partial charge in [0.25, 0.3) is 0 Å². The van der Waals surface area contributed by atoms with Gasteiger partial charge in [0.1, 0.15) is 58.1 Å². The first-order chi connectivity index (χ1) is 28.9. The van der Waals surface area contributed by atoms with Gasteiger partial charge in [-0.25, -0.2) is 4.79 Å². The number of hydrogen-bond donors (Lipinski definition) is 9. The van der Waals surface area contributed by atoms with Crippen LogP contribution in [0, 0.1) is 11.8 Å². The normalized spacial score (nSPS) is 27.2. The van der Waals surface area contributed by atoms with E-state index in [2.05, 4.69) is 16.0 Å². The van der Waals surface area contributed by atoms with Crippen molar-refractivity contribution in [2.75, 3.05) is 26.2 Å². The predicted octanol–water partition coefficient (Wildman–Crippen LogP) is 3.72. The maximum atomic E-state index is 14.2. The summed E-state index contributed by atoms with van der Waals surface area (Å²) in [6.07, 6.45) is 10.3. The van der Waals surface area contributed by atoms with Crippen LogP contribution in [-0.2, 0) is 29.0 Å². The third-order valence-electron chi connectivity index (χ3n) is 13.2. The van der Waals surface area contributed by atoms with E-state index in [0.717, 1.165) is 28.3 Å². The van der Waals surface area contributed by atoms with Gasteiger partial charge >= 0.3 is 5.97 Å². The number of aryl methyl sites for hydroxylation is 1. The number of benzene rings is 2. The molecule has 0 radical (unpaired) electrons. The molecule has 4 aliphatic heterocycles. The summed E-state index contributed by atoms with van der Waals surface area (Å²) >= 11 is 0. The molecule has 0 amide bonds. The Bertz CT molecular complexity index is 2430. The first-order valence-corrected chi connectivity index (χ1v) is 20.9. The number of phenolic OH excluding ortho intramolecular Hbond substituents is 2. The SMILES string of the molecule is CC=C(CNCC)C(=O)OC1Cc2c3c(c4oc(CO)cc(=O)c4c2O)C2C4=CCNC(N)=C4C(CCc4ccc(O)cc4C2CO)CC(CC2=CNC(N)C=C2)C1(C)O3. The van der Waals surface area contributed by atoms with Crippen LogP contribution in [0.2, 0.25) is 0 Å². The molecular formula is C46H55N5O9. The number of aromatic hydroxyl groups is 2. The quantitative estimate of drug-likeness (QED) is 0.111. The predicted molar refractivity (Wildman–Crippen MR) is 226 cm³/mol. The molecule has 14 heteroatoms. The van der Waals surface area contributed by atoms with E-state index in [-0.39, 0.29) is 70.5 Å². The van der Waals surface area contributed by atoms with Gasteiger partial charge in [0.05, 0.1) is 12.8 Å². The summed E-state index contributed by atoms with van der Waals surface area (Å²) in [4.78, 5) is 28.3. The summed E-state index contributed by atoms with van der Waals surface area (Å²) in [5, 5.41) is 54.9. The minimum absolute atomic E-state index is 0.00558. The van der Waals surface area contributed by atoms with Gasteiger partial charge in [-0.3, -0.25) is 4.79 Å². The van der Waals surface area contributed by atoms with Crippen LogP contribution < -0.4 is 37.6 Å². The van der Waals surface area contributed by atoms with Gasteiger partial charge in [-0.15, -0.1) is 0 Å². The molecule has 0 fully saturated rings. The molecule has 4 bridgehead atoms. The third-order valence-corrected chi connectivity index (χ3v) is 13.2. The lowest BCUT2D eigenvalue weighted by molar-refractivity contribution is -0.165. The number of dihydropyridines is 2. The molecule has 0 saturated heterocycles. The molecule has 2 aromatic carbocycles. The summed E-state index contributed by atoms with van der Waals surface area (Å²) in [5.41, 5.74) is 16.6. The summed E-state index contributed by atoms with van der Waals surface area (Å²) in [7, 11) is 0. The maximum absolute atomic E-state index is 14.2. The lowest BCUT2D eigenvalue weighted by Crippen LogP contribution is -2.57. The number of nitrogens with one attached hydrogen (secondary N) is 3. The lowest BCUT2D eigenvalue weighted by atomic mass is 9.65. The molecule has 318 valence electrons. The van der Waals surface area contributed by atoms with Crippen LogP contribution >= 0.6 is 0 Å². The molecule has 11 N–H and O–H groups in total. The summed E-state index contributed by atoms with van der Waals surface area (Å²) in [6, 6.07) is 6.36. The molecule has 8 rings (SSSR count). The largest absolute Gasteiger partial charge is 0.508 e. The highest BCUT2D eigenvalue weighted by Crippen LogP contribution is 2.59. The molecule has 1 aromatic heterocycles. The minimum atomic E-state index is -1.28. The first-order valence-electron chi connectivity index (χ1n) is 20.9. The summed E-state index contributed by atoms with van der Waals surface area (Å²) in [5.74, 6) is -2.38. The van der Waals surface area contributed by atoms with Crippen LogP contribution in [-0.4, -0.2) is 70.5 Å². The number of aliphatic hydroxyl groups is 2. The Balaban J connectivity index is 1.48. The number of carbonyl (C=O) groups excluding carboxylic acids is 1. The molecule has 5 aliphatic rings. The van der Waals surface area contributed by atoms with Crippen molar-refractivity contribution in [1.82, 2.24) is 16.0 Å². The smallest absolute Gasteiger partial charge is 0.335 e. The Morgan fingerprint density at radius 1 is 1.20 bits per heavy atom. The molecule has 0 saturated carbocycles. The van der Waals surface area contributed by atoms with E-state index in [1.807, 2.05) is 44.3 Å². The second kappa shape index (κ2) is 16.5. The van der Waals surface area contributed by atoms with Crippen LogP contribution in [0.25, 0.3) is 11.0 Å². The molecule has 14 nitrogen and oxygen atoms in total. The van der Waals surface area contributed by atoms with E-state index < -0.39 is 48.2 Å². The molecule has 60 heavy (non-hydrogen) atoms. The van der Waals surface area contributed by atoms with E-state index in [1.165, 1.54) is 0 Å². The monoisotopic (exact) mass is 821 g/mol. The molecule has 7 atom stereocenters. The van der Waals surface area contributed by atoms with Crippen LogP contribution in [0.1, 0.15) is 79.9 Å². The van der Waals surface area contributed by atoms with Crippen LogP contribution in [0.3, 0.4) is 0 Å². The number of hydrogen-bond acceptors (Lipinski definition) is 14. The zero-order valence-electron chi connectivity index (χ0n) is 34.2. The molecule has 5 heterocycles. The van der Waals surface area contributed by atoms with Gasteiger partial charge in [0.15, 0.2) is 5.43 Å². The minimum Gasteiger partial charge on any atom is -0.508 e. The van der Waals surface area contributed by atoms with E-state index in [4.69, 9.17) is 25.4 Å². The maximum Gasteiger partial charge on any atom is 0.335 e. The van der Waals surface area contributed by atoms with Crippen molar-refractivity contribution < 1.29 is 39.1 Å². The Hall–Kier alpha value is -5.54. The van der Waals surface area contributed by atoms with Gasteiger partial charge < -0.3 is 61.7 Å². The van der Waals surface area contributed by atoms with Crippen molar-refractivity contribution >= 4 is 16.9 Å². The number of likely N-dealkylation sites (N-methyl/N-ethyl adjacent to an activating group) is 1. The van der Waals surface area contributed by atoms with Crippen molar-refractivity contribution in [1.29, 1.82) is 0 Å². The highest BCUT2D eigenvalue weighted by atomic mass is 16.6. The van der Waals surface area contributed by atoms with Crippen LogP contribution in [0.5, 0.6) is 17.2 Å². The fourth-order valence-corrected chi connectivity index (χ4v) is 10.1. The molecule has 1 aliphatic carbocycles. The fraction of sp³-hybridized carbons (Fsp3) is 0.435. The highest BCUT2D eigenvalue weighted by molar-refractivity contribution is 5.92. The second-order valence-corrected chi connectivity index (χ2v) is 16.6. The molecule has 0 spiro atoms. The Labute approximate surface area is 348 Å². The Morgan fingerprint density at radius 2 is 2.02 bits per heavy atom. The van der Waals surface area contributed by atoms with Crippen molar-refractivity contribution in [3.8, 4) is 17.2 Å². The number of aliphatic hydroxyl groups excluding tert-OH is 2. The molecule has 3 aromatic rings. The number of carbonyl (C=O) groups is 1. The zero-order valence-corrected chi connectivity index (χ0v) is 34.2. The van der Waals surface area contributed by atoms with E-state index in [9.17, 15) is 30.0 Å². The number of fused-ring (bicyclic) bond motifs is 5. The number of rotatable bonds is 9. The Kier molecular flexibility index (Phi) is 11.3. The fourth-order valence-electron chi connectivity index (χ4n) is 10.1. The van der Waals surface area contributed by atoms with Gasteiger partial charge in [-0.05, 0) is 98.0 Å². The zero-order chi connectivity index (χ0) is 42.5. The summed E-state index contributed by atoms with van der Waals surface area (Å²) in [6.45, 7) is 5.97. The first kappa shape index (κ1) is 41.2. The number of nitrogens with two attached hydrogens (primary N) is 2. The van der Waals surface area contributed by atoms with Gasteiger partial charge in [0.2, 0.25) is 0 Å². The second-order valence-electron chi connectivity index (χ2n) is 16.6. The third kappa shape index (κ3) is 7.14. The lowest BCUT2D eigenvalue weighted by Gasteiger charge is -2.50. The number of allylic oxidation sites excluding steroid dienone is 5. The van der Waals surface area contributed by atoms with Crippen molar-refractivity contribution in [2.45, 2.75) is 89.2 Å². The van der Waals surface area contributed by atoms with Crippen molar-refractivity contribution in [2.24, 2.45) is 23.3 Å². The van der Waals surface area contributed by atoms with Gasteiger partial charge in [0, 0.05) is 66.2 Å². The highest BCUT2D eigenvalue weighted by Gasteiger charge is 2.54.